The Hall–Kier alpha value is -4.07. The highest BCUT2D eigenvalue weighted by atomic mass is 16.3. The monoisotopic (exact) mass is 433 g/mol. The maximum Gasteiger partial charge on any atom is 0.257 e. The summed E-state index contributed by atoms with van der Waals surface area (Å²) >= 11 is 0. The van der Waals surface area contributed by atoms with Crippen LogP contribution in [0, 0.1) is 0 Å². The van der Waals surface area contributed by atoms with Crippen molar-refractivity contribution in [3.05, 3.63) is 80.3 Å². The van der Waals surface area contributed by atoms with Gasteiger partial charge in [-0.05, 0) is 42.3 Å². The SMILES string of the molecule is CCC(Nc1c(Nc2cccc(C(=O)N(C)C)c2O)c(=O)c1=O)c1ccc2occc2c1. The second kappa shape index (κ2) is 8.22. The van der Waals surface area contributed by atoms with Gasteiger partial charge in [0.15, 0.2) is 5.75 Å². The molecule has 4 rings (SSSR count). The number of furan rings is 1. The van der Waals surface area contributed by atoms with E-state index in [1.165, 1.54) is 17.0 Å². The van der Waals surface area contributed by atoms with Crippen LogP contribution in [-0.4, -0.2) is 30.0 Å². The zero-order valence-corrected chi connectivity index (χ0v) is 17.9. The summed E-state index contributed by atoms with van der Waals surface area (Å²) in [6.45, 7) is 1.97. The number of hydrogen-bond donors (Lipinski definition) is 3. The summed E-state index contributed by atoms with van der Waals surface area (Å²) in [5.74, 6) is -0.669. The summed E-state index contributed by atoms with van der Waals surface area (Å²) in [4.78, 5) is 38.2. The number of nitrogens with zero attached hydrogens (tertiary/aromatic N) is 1. The van der Waals surface area contributed by atoms with E-state index in [0.29, 0.717) is 6.42 Å². The molecule has 0 radical (unpaired) electrons. The number of aromatic hydroxyl groups is 1. The predicted molar refractivity (Wildman–Crippen MR) is 124 cm³/mol. The molecule has 1 heterocycles. The van der Waals surface area contributed by atoms with Crippen LogP contribution in [0.1, 0.15) is 35.3 Å². The number of hydrogen-bond acceptors (Lipinski definition) is 7. The van der Waals surface area contributed by atoms with Crippen molar-refractivity contribution in [1.82, 2.24) is 4.90 Å². The molecule has 0 aliphatic carbocycles. The molecule has 32 heavy (non-hydrogen) atoms. The zero-order chi connectivity index (χ0) is 23.0. The van der Waals surface area contributed by atoms with Gasteiger partial charge in [0.2, 0.25) is 0 Å². The number of amides is 1. The van der Waals surface area contributed by atoms with Crippen LogP contribution in [0.4, 0.5) is 17.1 Å². The van der Waals surface area contributed by atoms with Crippen LogP contribution in [0.25, 0.3) is 11.0 Å². The van der Waals surface area contributed by atoms with Crippen LogP contribution in [0.3, 0.4) is 0 Å². The summed E-state index contributed by atoms with van der Waals surface area (Å²) in [5.41, 5.74) is 0.866. The summed E-state index contributed by atoms with van der Waals surface area (Å²) in [5, 5.41) is 17.5. The molecule has 1 amide bonds. The number of fused-ring (bicyclic) bond motifs is 1. The summed E-state index contributed by atoms with van der Waals surface area (Å²) in [6, 6.07) is 12.0. The van der Waals surface area contributed by atoms with E-state index in [4.69, 9.17) is 4.42 Å². The van der Waals surface area contributed by atoms with Crippen LogP contribution in [-0.2, 0) is 0 Å². The van der Waals surface area contributed by atoms with E-state index in [-0.39, 0.29) is 40.3 Å². The second-order valence-electron chi connectivity index (χ2n) is 7.76. The molecular formula is C24H23N3O5. The third-order valence-corrected chi connectivity index (χ3v) is 5.45. The third-order valence-electron chi connectivity index (χ3n) is 5.45. The molecular weight excluding hydrogens is 410 g/mol. The number of phenols is 1. The number of benzene rings is 2. The molecule has 0 spiro atoms. The molecule has 3 aromatic carbocycles. The highest BCUT2D eigenvalue weighted by Crippen LogP contribution is 2.33. The van der Waals surface area contributed by atoms with Crippen molar-refractivity contribution in [2.24, 2.45) is 0 Å². The average Bonchev–Trinajstić information content (AvgIpc) is 3.26. The normalized spacial score (nSPS) is 12.1. The van der Waals surface area contributed by atoms with E-state index in [1.807, 2.05) is 31.2 Å². The third kappa shape index (κ3) is 3.60. The fourth-order valence-corrected chi connectivity index (χ4v) is 3.64. The molecule has 0 aliphatic heterocycles. The van der Waals surface area contributed by atoms with Gasteiger partial charge in [-0.3, -0.25) is 14.4 Å². The Bertz CT molecular complexity index is 1380. The topological polar surface area (TPSA) is 112 Å². The average molecular weight is 433 g/mol. The van der Waals surface area contributed by atoms with Crippen LogP contribution >= 0.6 is 0 Å². The molecule has 0 saturated heterocycles. The maximum atomic E-state index is 12.3. The summed E-state index contributed by atoms with van der Waals surface area (Å²) < 4.78 is 5.38. The van der Waals surface area contributed by atoms with Crippen LogP contribution in [0.2, 0.25) is 0 Å². The lowest BCUT2D eigenvalue weighted by atomic mass is 10.0. The minimum Gasteiger partial charge on any atom is -0.505 e. The van der Waals surface area contributed by atoms with E-state index in [0.717, 1.165) is 16.5 Å². The maximum absolute atomic E-state index is 12.3. The Labute approximate surface area is 183 Å². The molecule has 8 heteroatoms. The Morgan fingerprint density at radius 3 is 2.56 bits per heavy atom. The number of rotatable bonds is 7. The van der Waals surface area contributed by atoms with Crippen LogP contribution in [0.5, 0.6) is 5.75 Å². The number of anilines is 3. The van der Waals surface area contributed by atoms with Gasteiger partial charge in [0.05, 0.1) is 23.6 Å². The number of phenolic OH excluding ortho intramolecular Hbond substituents is 1. The highest BCUT2D eigenvalue weighted by Gasteiger charge is 2.25. The Morgan fingerprint density at radius 1 is 1.09 bits per heavy atom. The molecule has 8 nitrogen and oxygen atoms in total. The molecule has 0 bridgehead atoms. The molecule has 0 saturated carbocycles. The Balaban J connectivity index is 1.63. The zero-order valence-electron chi connectivity index (χ0n) is 17.9. The summed E-state index contributed by atoms with van der Waals surface area (Å²) in [7, 11) is 3.15. The van der Waals surface area contributed by atoms with Gasteiger partial charge in [0.1, 0.15) is 17.0 Å². The predicted octanol–water partition coefficient (Wildman–Crippen LogP) is 3.74. The molecule has 1 atom stereocenters. The lowest BCUT2D eigenvalue weighted by Crippen LogP contribution is -2.37. The van der Waals surface area contributed by atoms with Gasteiger partial charge in [-0.25, -0.2) is 0 Å². The lowest BCUT2D eigenvalue weighted by molar-refractivity contribution is 0.0824. The van der Waals surface area contributed by atoms with Crippen LogP contribution in [0.15, 0.2) is 62.7 Å². The van der Waals surface area contributed by atoms with E-state index < -0.39 is 10.9 Å². The fourth-order valence-electron chi connectivity index (χ4n) is 3.64. The van der Waals surface area contributed by atoms with E-state index in [1.54, 1.807) is 26.4 Å². The van der Waals surface area contributed by atoms with Gasteiger partial charge in [0, 0.05) is 19.5 Å². The first kappa shape index (κ1) is 21.2. The van der Waals surface area contributed by atoms with Crippen molar-refractivity contribution in [2.75, 3.05) is 24.7 Å². The fraction of sp³-hybridized carbons (Fsp3) is 0.208. The molecule has 3 N–H and O–H groups in total. The van der Waals surface area contributed by atoms with Gasteiger partial charge in [-0.1, -0.05) is 19.1 Å². The van der Waals surface area contributed by atoms with Crippen molar-refractivity contribution < 1.29 is 14.3 Å². The first-order valence-electron chi connectivity index (χ1n) is 10.2. The number of carbonyl (C=O) groups excluding carboxylic acids is 1. The van der Waals surface area contributed by atoms with Crippen molar-refractivity contribution in [1.29, 1.82) is 0 Å². The van der Waals surface area contributed by atoms with Gasteiger partial charge >= 0.3 is 0 Å². The van der Waals surface area contributed by atoms with Gasteiger partial charge in [0.25, 0.3) is 16.8 Å². The smallest absolute Gasteiger partial charge is 0.257 e. The van der Waals surface area contributed by atoms with E-state index >= 15 is 0 Å². The minimum atomic E-state index is -0.684. The number of carbonyl (C=O) groups is 1. The van der Waals surface area contributed by atoms with Crippen molar-refractivity contribution in [2.45, 2.75) is 19.4 Å². The van der Waals surface area contributed by atoms with Crippen molar-refractivity contribution >= 4 is 33.9 Å². The van der Waals surface area contributed by atoms with Crippen molar-refractivity contribution in [3.8, 4) is 5.75 Å². The van der Waals surface area contributed by atoms with Crippen LogP contribution < -0.4 is 21.5 Å². The van der Waals surface area contributed by atoms with Crippen molar-refractivity contribution in [3.63, 3.8) is 0 Å². The minimum absolute atomic E-state index is 0.0580. The Morgan fingerprint density at radius 2 is 1.84 bits per heavy atom. The molecule has 1 unspecified atom stereocenters. The molecule has 0 aliphatic rings. The number of nitrogens with one attached hydrogen (secondary N) is 2. The first-order valence-corrected chi connectivity index (χ1v) is 10.2. The summed E-state index contributed by atoms with van der Waals surface area (Å²) in [6.07, 6.45) is 2.28. The Kier molecular flexibility index (Phi) is 5.44. The number of para-hydroxylation sites is 1. The first-order chi connectivity index (χ1) is 15.3. The largest absolute Gasteiger partial charge is 0.505 e. The molecule has 4 aromatic rings. The molecule has 164 valence electrons. The van der Waals surface area contributed by atoms with Gasteiger partial charge in [-0.2, -0.15) is 0 Å². The quantitative estimate of drug-likeness (QED) is 0.301. The second-order valence-corrected chi connectivity index (χ2v) is 7.76. The standard InChI is InChI=1S/C24H23N3O5/c1-4-16(13-8-9-18-14(12-13)10-11-32-18)25-19-20(23(30)22(19)29)26-17-7-5-6-15(21(17)28)24(31)27(2)3/h5-12,16,25-26,28H,4H2,1-3H3. The van der Waals surface area contributed by atoms with Gasteiger partial charge < -0.3 is 25.1 Å². The molecule has 0 fully saturated rings. The van der Waals surface area contributed by atoms with Gasteiger partial charge in [-0.15, -0.1) is 0 Å². The van der Waals surface area contributed by atoms with E-state index in [9.17, 15) is 19.5 Å². The molecule has 1 aromatic heterocycles. The lowest BCUT2D eigenvalue weighted by Gasteiger charge is -2.22. The highest BCUT2D eigenvalue weighted by molar-refractivity contribution is 5.99. The van der Waals surface area contributed by atoms with E-state index in [2.05, 4.69) is 10.6 Å².